The molecule has 1 heterocycles. The summed E-state index contributed by atoms with van der Waals surface area (Å²) in [5, 5.41) is 8.02. The van der Waals surface area contributed by atoms with Gasteiger partial charge in [0.25, 0.3) is 0 Å². The highest BCUT2D eigenvalue weighted by Crippen LogP contribution is 2.18. The molecule has 3 nitrogen and oxygen atoms in total. The summed E-state index contributed by atoms with van der Waals surface area (Å²) >= 11 is 0. The first-order valence-corrected chi connectivity index (χ1v) is 6.59. The van der Waals surface area contributed by atoms with E-state index in [4.69, 9.17) is 5.41 Å². The fraction of sp³-hybridized carbons (Fsp3) is 0.900. The predicted molar refractivity (Wildman–Crippen MR) is 61.2 cm³/mol. The summed E-state index contributed by atoms with van der Waals surface area (Å²) in [7, 11) is -0.660. The van der Waals surface area contributed by atoms with Crippen LogP contribution >= 0.6 is 0 Å². The first kappa shape index (κ1) is 11.7. The van der Waals surface area contributed by atoms with Gasteiger partial charge < -0.3 is 4.90 Å². The molecule has 1 N–H and O–H groups in total. The quantitative estimate of drug-likeness (QED) is 0.492. The summed E-state index contributed by atoms with van der Waals surface area (Å²) in [6, 6.07) is 0. The van der Waals surface area contributed by atoms with E-state index in [-0.39, 0.29) is 5.41 Å². The second kappa shape index (κ2) is 4.43. The van der Waals surface area contributed by atoms with E-state index in [9.17, 15) is 4.21 Å². The van der Waals surface area contributed by atoms with Gasteiger partial charge in [-0.15, -0.1) is 0 Å². The van der Waals surface area contributed by atoms with Crippen molar-refractivity contribution in [3.05, 3.63) is 0 Å². The van der Waals surface area contributed by atoms with Gasteiger partial charge in [-0.25, -0.2) is 0 Å². The molecule has 0 saturated carbocycles. The number of rotatable bonds is 0. The van der Waals surface area contributed by atoms with Crippen LogP contribution in [-0.2, 0) is 10.8 Å². The van der Waals surface area contributed by atoms with Gasteiger partial charge in [-0.1, -0.05) is 20.8 Å². The Hall–Kier alpha value is -0.380. The van der Waals surface area contributed by atoms with Crippen LogP contribution < -0.4 is 0 Å². The van der Waals surface area contributed by atoms with Crippen molar-refractivity contribution in [1.82, 2.24) is 4.90 Å². The maximum absolute atomic E-state index is 11.3. The average Bonchev–Trinajstić information content (AvgIpc) is 2.27. The molecular formula is C10H20N2OS. The molecule has 0 spiro atoms. The molecule has 4 heteroatoms. The van der Waals surface area contributed by atoms with Gasteiger partial charge in [-0.2, -0.15) is 0 Å². The summed E-state index contributed by atoms with van der Waals surface area (Å²) in [6.07, 6.45) is 0.949. The van der Waals surface area contributed by atoms with E-state index in [0.29, 0.717) is 5.84 Å². The van der Waals surface area contributed by atoms with Crippen molar-refractivity contribution in [2.24, 2.45) is 5.41 Å². The van der Waals surface area contributed by atoms with Gasteiger partial charge in [-0.05, 0) is 6.42 Å². The van der Waals surface area contributed by atoms with Crippen LogP contribution in [0.15, 0.2) is 0 Å². The fourth-order valence-corrected chi connectivity index (χ4v) is 2.62. The summed E-state index contributed by atoms with van der Waals surface area (Å²) < 4.78 is 11.3. The standard InChI is InChI=1S/C10H20N2OS/c1-10(2,3)9(11)12-5-4-7-14(13)8-6-12/h11H,4-8H2,1-3H3. The molecular weight excluding hydrogens is 196 g/mol. The van der Waals surface area contributed by atoms with Crippen LogP contribution in [0.3, 0.4) is 0 Å². The molecule has 82 valence electrons. The smallest absolute Gasteiger partial charge is 0.101 e. The predicted octanol–water partition coefficient (Wildman–Crippen LogP) is 1.46. The Morgan fingerprint density at radius 1 is 1.29 bits per heavy atom. The van der Waals surface area contributed by atoms with Crippen LogP contribution in [0, 0.1) is 10.8 Å². The second-order valence-corrected chi connectivity index (χ2v) is 6.48. The second-order valence-electron chi connectivity index (χ2n) is 4.79. The molecule has 1 rings (SSSR count). The molecule has 1 unspecified atom stereocenters. The van der Waals surface area contributed by atoms with Crippen LogP contribution in [0.2, 0.25) is 0 Å². The molecule has 1 atom stereocenters. The van der Waals surface area contributed by atoms with Gasteiger partial charge in [0.2, 0.25) is 0 Å². The van der Waals surface area contributed by atoms with Crippen molar-refractivity contribution < 1.29 is 4.21 Å². The molecule has 0 aromatic carbocycles. The minimum absolute atomic E-state index is 0.0914. The summed E-state index contributed by atoms with van der Waals surface area (Å²) in [5.41, 5.74) is -0.0914. The first-order valence-electron chi connectivity index (χ1n) is 5.10. The third-order valence-electron chi connectivity index (χ3n) is 2.42. The molecule has 1 aliphatic heterocycles. The van der Waals surface area contributed by atoms with Crippen LogP contribution in [0.4, 0.5) is 0 Å². The Labute approximate surface area is 88.8 Å². The minimum atomic E-state index is -0.660. The number of nitrogens with one attached hydrogen (secondary N) is 1. The van der Waals surface area contributed by atoms with Gasteiger partial charge in [0.05, 0.1) is 0 Å². The van der Waals surface area contributed by atoms with E-state index in [1.54, 1.807) is 0 Å². The Kier molecular flexibility index (Phi) is 3.70. The molecule has 14 heavy (non-hydrogen) atoms. The summed E-state index contributed by atoms with van der Waals surface area (Å²) in [4.78, 5) is 2.07. The number of nitrogens with zero attached hydrogens (tertiary/aromatic N) is 1. The first-order chi connectivity index (χ1) is 6.41. The van der Waals surface area contributed by atoms with Crippen LogP contribution in [0.5, 0.6) is 0 Å². The van der Waals surface area contributed by atoms with Crippen molar-refractivity contribution in [2.75, 3.05) is 24.6 Å². The Morgan fingerprint density at radius 3 is 2.50 bits per heavy atom. The highest BCUT2D eigenvalue weighted by Gasteiger charge is 2.24. The Morgan fingerprint density at radius 2 is 1.93 bits per heavy atom. The van der Waals surface area contributed by atoms with Crippen molar-refractivity contribution >= 4 is 16.6 Å². The summed E-state index contributed by atoms with van der Waals surface area (Å²) in [5.74, 6) is 2.20. The van der Waals surface area contributed by atoms with Crippen molar-refractivity contribution in [3.63, 3.8) is 0 Å². The molecule has 0 aromatic heterocycles. The van der Waals surface area contributed by atoms with Gasteiger partial charge in [0.1, 0.15) is 5.84 Å². The zero-order chi connectivity index (χ0) is 10.8. The van der Waals surface area contributed by atoms with E-state index in [2.05, 4.69) is 25.7 Å². The molecule has 1 aliphatic rings. The van der Waals surface area contributed by atoms with E-state index in [1.807, 2.05) is 0 Å². The fourth-order valence-electron chi connectivity index (χ4n) is 1.54. The van der Waals surface area contributed by atoms with E-state index in [0.717, 1.165) is 31.0 Å². The average molecular weight is 216 g/mol. The molecule has 1 saturated heterocycles. The third-order valence-corrected chi connectivity index (χ3v) is 3.80. The molecule has 0 radical (unpaired) electrons. The van der Waals surface area contributed by atoms with Crippen molar-refractivity contribution in [1.29, 1.82) is 5.41 Å². The highest BCUT2D eigenvalue weighted by molar-refractivity contribution is 7.85. The van der Waals surface area contributed by atoms with E-state index >= 15 is 0 Å². The Balaban J connectivity index is 2.60. The summed E-state index contributed by atoms with van der Waals surface area (Å²) in [6.45, 7) is 7.83. The number of hydrogen-bond acceptors (Lipinski definition) is 2. The molecule has 1 fully saturated rings. The lowest BCUT2D eigenvalue weighted by Crippen LogP contribution is -2.40. The van der Waals surface area contributed by atoms with Crippen molar-refractivity contribution in [3.8, 4) is 0 Å². The van der Waals surface area contributed by atoms with Gasteiger partial charge in [-0.3, -0.25) is 9.62 Å². The maximum Gasteiger partial charge on any atom is 0.101 e. The largest absolute Gasteiger partial charge is 0.359 e. The van der Waals surface area contributed by atoms with Gasteiger partial charge in [0.15, 0.2) is 0 Å². The van der Waals surface area contributed by atoms with Crippen LogP contribution in [0.1, 0.15) is 27.2 Å². The highest BCUT2D eigenvalue weighted by atomic mass is 32.2. The zero-order valence-corrected chi connectivity index (χ0v) is 10.1. The number of amidine groups is 1. The molecule has 0 amide bonds. The third kappa shape index (κ3) is 3.08. The SMILES string of the molecule is CC(C)(C)C(=N)N1CCCS(=O)CC1. The van der Waals surface area contributed by atoms with Crippen molar-refractivity contribution in [2.45, 2.75) is 27.2 Å². The normalized spacial score (nSPS) is 24.5. The zero-order valence-electron chi connectivity index (χ0n) is 9.30. The molecule has 0 aliphatic carbocycles. The van der Waals surface area contributed by atoms with Gasteiger partial charge >= 0.3 is 0 Å². The lowest BCUT2D eigenvalue weighted by atomic mass is 9.94. The minimum Gasteiger partial charge on any atom is -0.359 e. The maximum atomic E-state index is 11.3. The lowest BCUT2D eigenvalue weighted by molar-refractivity contribution is 0.387. The number of hydrogen-bond donors (Lipinski definition) is 1. The topological polar surface area (TPSA) is 44.2 Å². The van der Waals surface area contributed by atoms with Crippen LogP contribution in [0.25, 0.3) is 0 Å². The molecule has 0 bridgehead atoms. The van der Waals surface area contributed by atoms with E-state index in [1.165, 1.54) is 0 Å². The lowest BCUT2D eigenvalue weighted by Gasteiger charge is -2.31. The monoisotopic (exact) mass is 216 g/mol. The van der Waals surface area contributed by atoms with Crippen LogP contribution in [-0.4, -0.2) is 39.5 Å². The van der Waals surface area contributed by atoms with Gasteiger partial charge in [0, 0.05) is 40.8 Å². The Bertz CT molecular complexity index is 245. The van der Waals surface area contributed by atoms with E-state index < -0.39 is 10.8 Å². The molecule has 0 aromatic rings.